The second-order valence-electron chi connectivity index (χ2n) is 13.1. The summed E-state index contributed by atoms with van der Waals surface area (Å²) in [5.41, 5.74) is 12.3. The molecular formula is C43H49N7O9. The van der Waals surface area contributed by atoms with Crippen molar-refractivity contribution in [1.29, 1.82) is 0 Å². The number of carbonyl (C=O) groups is 5. The monoisotopic (exact) mass is 807 g/mol. The lowest BCUT2D eigenvalue weighted by Crippen LogP contribution is -2.46. The number of benzene rings is 4. The Morgan fingerprint density at radius 2 is 0.932 bits per heavy atom. The zero-order valence-electron chi connectivity index (χ0n) is 32.7. The minimum absolute atomic E-state index is 0.0165. The fourth-order valence-corrected chi connectivity index (χ4v) is 5.73. The molecule has 310 valence electrons. The van der Waals surface area contributed by atoms with Crippen molar-refractivity contribution >= 4 is 30.3 Å². The molecule has 0 aliphatic rings. The number of nitrogens with one attached hydrogen (secondary N) is 2. The molecule has 0 aliphatic heterocycles. The van der Waals surface area contributed by atoms with Crippen molar-refractivity contribution in [2.24, 2.45) is 5.11 Å². The molecule has 0 aromatic heterocycles. The van der Waals surface area contributed by atoms with Crippen LogP contribution in [0.5, 0.6) is 0 Å². The molecule has 0 radical (unpaired) electrons. The third kappa shape index (κ3) is 17.3. The molecule has 4 aromatic rings. The fourth-order valence-electron chi connectivity index (χ4n) is 5.73. The molecule has 4 rings (SSSR count). The Labute approximate surface area is 343 Å². The SMILES string of the molecule is [N-]=[N+]=NC(=O)C(CCCN(CCCNC(=O)OCc1ccccc1)C(=O)OCc1ccccc1)N(CCCNC(=O)OCc1ccccc1)C(=O)OCc1ccccc1. The lowest BCUT2D eigenvalue weighted by Gasteiger charge is -2.30. The standard InChI is InChI=1S/C43H49N7O9/c44-48-47-39(51)38(50(43(55)59-33-37-22-11-4-12-23-37)29-15-26-46-41(53)57-31-35-18-7-2-8-19-35)24-13-27-49(42(54)58-32-36-20-9-3-10-21-36)28-14-25-45-40(52)56-30-34-16-5-1-6-17-34/h1-12,16-23,38H,13-15,24-33H2,(H,45,52)(H,46,53). The van der Waals surface area contributed by atoms with Crippen LogP contribution in [0.15, 0.2) is 126 Å². The second kappa shape index (κ2) is 26.0. The maximum atomic E-state index is 13.6. The molecule has 0 spiro atoms. The van der Waals surface area contributed by atoms with Gasteiger partial charge in [-0.1, -0.05) is 121 Å². The van der Waals surface area contributed by atoms with E-state index in [2.05, 4.69) is 20.7 Å². The summed E-state index contributed by atoms with van der Waals surface area (Å²) in [6.45, 7) is 0.612. The zero-order chi connectivity index (χ0) is 41.9. The van der Waals surface area contributed by atoms with Gasteiger partial charge in [-0.25, -0.2) is 19.2 Å². The van der Waals surface area contributed by atoms with Crippen molar-refractivity contribution in [2.75, 3.05) is 32.7 Å². The van der Waals surface area contributed by atoms with Crippen LogP contribution in [0, 0.1) is 0 Å². The van der Waals surface area contributed by atoms with Crippen LogP contribution in [0.3, 0.4) is 0 Å². The fraction of sp³-hybridized carbons (Fsp3) is 0.326. The van der Waals surface area contributed by atoms with Crippen LogP contribution >= 0.6 is 0 Å². The Morgan fingerprint density at radius 1 is 0.542 bits per heavy atom. The quantitative estimate of drug-likeness (QED) is 0.0260. The van der Waals surface area contributed by atoms with Crippen molar-refractivity contribution in [3.63, 3.8) is 0 Å². The highest BCUT2D eigenvalue weighted by Crippen LogP contribution is 2.16. The molecule has 0 aliphatic carbocycles. The van der Waals surface area contributed by atoms with Crippen molar-refractivity contribution in [3.8, 4) is 0 Å². The Kier molecular flexibility index (Phi) is 19.7. The average Bonchev–Trinajstić information content (AvgIpc) is 3.27. The Hall–Kier alpha value is -7.06. The summed E-state index contributed by atoms with van der Waals surface area (Å²) in [5.74, 6) is -0.921. The highest BCUT2D eigenvalue weighted by molar-refractivity contribution is 5.86. The summed E-state index contributed by atoms with van der Waals surface area (Å²) in [7, 11) is 0. The predicted molar refractivity (Wildman–Crippen MR) is 217 cm³/mol. The molecule has 59 heavy (non-hydrogen) atoms. The number of rotatable bonds is 22. The van der Waals surface area contributed by atoms with Crippen molar-refractivity contribution in [2.45, 2.75) is 58.2 Å². The Morgan fingerprint density at radius 3 is 1.37 bits per heavy atom. The van der Waals surface area contributed by atoms with E-state index in [0.717, 1.165) is 16.7 Å². The zero-order valence-corrected chi connectivity index (χ0v) is 32.7. The molecule has 5 amide bonds. The molecule has 0 saturated carbocycles. The van der Waals surface area contributed by atoms with E-state index >= 15 is 0 Å². The highest BCUT2D eigenvalue weighted by Gasteiger charge is 2.30. The lowest BCUT2D eigenvalue weighted by molar-refractivity contribution is -0.123. The van der Waals surface area contributed by atoms with Crippen LogP contribution in [0.2, 0.25) is 0 Å². The second-order valence-corrected chi connectivity index (χ2v) is 13.1. The normalized spacial score (nSPS) is 10.8. The maximum absolute atomic E-state index is 13.6. The summed E-state index contributed by atoms with van der Waals surface area (Å²) < 4.78 is 21.7. The molecule has 1 unspecified atom stereocenters. The first-order chi connectivity index (χ1) is 28.8. The Balaban J connectivity index is 1.39. The minimum Gasteiger partial charge on any atom is -0.445 e. The summed E-state index contributed by atoms with van der Waals surface area (Å²) in [4.78, 5) is 70.2. The van der Waals surface area contributed by atoms with Crippen LogP contribution in [0.1, 0.15) is 47.9 Å². The van der Waals surface area contributed by atoms with Gasteiger partial charge in [0.15, 0.2) is 0 Å². The van der Waals surface area contributed by atoms with Crippen LogP contribution in [-0.4, -0.2) is 78.8 Å². The molecule has 16 nitrogen and oxygen atoms in total. The van der Waals surface area contributed by atoms with Crippen molar-refractivity contribution in [1.82, 2.24) is 20.4 Å². The number of hydrogen-bond donors (Lipinski definition) is 2. The van der Waals surface area contributed by atoms with Gasteiger partial charge in [-0.2, -0.15) is 0 Å². The molecule has 0 fully saturated rings. The largest absolute Gasteiger partial charge is 0.445 e. The first kappa shape index (κ1) is 44.7. The van der Waals surface area contributed by atoms with Gasteiger partial charge in [-0.3, -0.25) is 9.69 Å². The first-order valence-corrected chi connectivity index (χ1v) is 19.2. The predicted octanol–water partition coefficient (Wildman–Crippen LogP) is 7.88. The lowest BCUT2D eigenvalue weighted by atomic mass is 10.1. The van der Waals surface area contributed by atoms with Gasteiger partial charge in [0.25, 0.3) is 0 Å². The van der Waals surface area contributed by atoms with E-state index in [1.807, 2.05) is 97.1 Å². The van der Waals surface area contributed by atoms with Crippen molar-refractivity contribution in [3.05, 3.63) is 154 Å². The molecule has 0 saturated heterocycles. The molecule has 1 atom stereocenters. The van der Waals surface area contributed by atoms with Gasteiger partial charge in [-0.15, -0.1) is 0 Å². The third-order valence-corrected chi connectivity index (χ3v) is 8.76. The van der Waals surface area contributed by atoms with Gasteiger partial charge in [0.2, 0.25) is 5.91 Å². The molecular weight excluding hydrogens is 759 g/mol. The molecule has 0 heterocycles. The number of azide groups is 1. The summed E-state index contributed by atoms with van der Waals surface area (Å²) in [6.07, 6.45) is -2.02. The first-order valence-electron chi connectivity index (χ1n) is 19.2. The van der Waals surface area contributed by atoms with E-state index in [4.69, 9.17) is 18.9 Å². The topological polar surface area (TPSA) is 202 Å². The van der Waals surface area contributed by atoms with E-state index in [0.29, 0.717) is 12.0 Å². The summed E-state index contributed by atoms with van der Waals surface area (Å²) >= 11 is 0. The van der Waals surface area contributed by atoms with E-state index in [9.17, 15) is 29.5 Å². The van der Waals surface area contributed by atoms with E-state index < -0.39 is 36.3 Å². The van der Waals surface area contributed by atoms with Crippen LogP contribution in [0.4, 0.5) is 19.2 Å². The number of carbonyl (C=O) groups excluding carboxylic acids is 5. The molecule has 4 aromatic carbocycles. The number of alkyl carbamates (subject to hydrolysis) is 2. The van der Waals surface area contributed by atoms with E-state index in [1.165, 1.54) is 9.80 Å². The maximum Gasteiger partial charge on any atom is 0.410 e. The number of hydrogen-bond acceptors (Lipinski definition) is 9. The van der Waals surface area contributed by atoms with Crippen LogP contribution in [-0.2, 0) is 50.2 Å². The van der Waals surface area contributed by atoms with Crippen LogP contribution in [0.25, 0.3) is 10.4 Å². The number of amides is 5. The smallest absolute Gasteiger partial charge is 0.410 e. The van der Waals surface area contributed by atoms with E-state index in [-0.39, 0.29) is 78.4 Å². The van der Waals surface area contributed by atoms with Gasteiger partial charge in [-0.05, 0) is 58.6 Å². The van der Waals surface area contributed by atoms with E-state index in [1.54, 1.807) is 24.3 Å². The van der Waals surface area contributed by atoms with Crippen molar-refractivity contribution < 1.29 is 42.9 Å². The van der Waals surface area contributed by atoms with Gasteiger partial charge in [0.05, 0.1) is 0 Å². The summed E-state index contributed by atoms with van der Waals surface area (Å²) in [6, 6.07) is 35.3. The molecule has 16 heteroatoms. The highest BCUT2D eigenvalue weighted by atomic mass is 16.6. The van der Waals surface area contributed by atoms with Gasteiger partial charge >= 0.3 is 24.4 Å². The third-order valence-electron chi connectivity index (χ3n) is 8.76. The van der Waals surface area contributed by atoms with Crippen LogP contribution < -0.4 is 10.6 Å². The molecule has 0 bridgehead atoms. The summed E-state index contributed by atoms with van der Waals surface area (Å²) in [5, 5.41) is 8.63. The number of ether oxygens (including phenoxy) is 4. The van der Waals surface area contributed by atoms with Gasteiger partial charge in [0.1, 0.15) is 32.5 Å². The van der Waals surface area contributed by atoms with Gasteiger partial charge in [0, 0.05) is 37.6 Å². The molecule has 2 N–H and O–H groups in total. The minimum atomic E-state index is -1.26. The average molecular weight is 808 g/mol. The van der Waals surface area contributed by atoms with Gasteiger partial charge < -0.3 is 34.5 Å². The Bertz CT molecular complexity index is 1930. The number of nitrogens with zero attached hydrogens (tertiary/aromatic N) is 5.